The van der Waals surface area contributed by atoms with Crippen molar-refractivity contribution in [1.82, 2.24) is 0 Å². The first-order chi connectivity index (χ1) is 7.41. The van der Waals surface area contributed by atoms with Crippen molar-refractivity contribution >= 4 is 66.0 Å². The van der Waals surface area contributed by atoms with Crippen LogP contribution < -0.4 is 4.90 Å². The maximum Gasteiger partial charge on any atom is 0.238 e. The van der Waals surface area contributed by atoms with E-state index in [0.717, 1.165) is 19.3 Å². The quantitative estimate of drug-likeness (QED) is 0.464. The van der Waals surface area contributed by atoms with E-state index in [4.69, 9.17) is 0 Å². The van der Waals surface area contributed by atoms with Gasteiger partial charge >= 0.3 is 0 Å². The van der Waals surface area contributed by atoms with Crippen molar-refractivity contribution in [3.05, 3.63) is 25.7 Å². The second-order valence-electron chi connectivity index (χ2n) is 4.11. The minimum Gasteiger partial charge on any atom is -0.313 e. The van der Waals surface area contributed by atoms with E-state index in [2.05, 4.69) is 60.5 Å². The first-order valence-corrected chi connectivity index (χ1v) is 7.75. The smallest absolute Gasteiger partial charge is 0.238 e. The molecule has 2 rings (SSSR count). The summed E-state index contributed by atoms with van der Waals surface area (Å²) in [5.41, 5.74) is 1.64. The van der Waals surface area contributed by atoms with Crippen LogP contribution in [0, 0.1) is 3.57 Å². The van der Waals surface area contributed by atoms with Gasteiger partial charge in [-0.25, -0.2) is 0 Å². The Morgan fingerprint density at radius 1 is 1.50 bits per heavy atom. The number of fused-ring (bicyclic) bond motifs is 1. The molecule has 16 heavy (non-hydrogen) atoms. The predicted octanol–water partition coefficient (Wildman–Crippen LogP) is 3.68. The summed E-state index contributed by atoms with van der Waals surface area (Å²) in [4.78, 5) is 14.0. The molecule has 86 valence electrons. The van der Waals surface area contributed by atoms with Crippen molar-refractivity contribution in [2.75, 3.05) is 17.3 Å². The van der Waals surface area contributed by atoms with Crippen LogP contribution in [0.25, 0.3) is 0 Å². The van der Waals surface area contributed by atoms with Gasteiger partial charge in [-0.2, -0.15) is 0 Å². The molecule has 1 aliphatic heterocycles. The second kappa shape index (κ2) is 4.24. The van der Waals surface area contributed by atoms with Crippen LogP contribution in [0.4, 0.5) is 5.69 Å². The van der Waals surface area contributed by atoms with Crippen molar-refractivity contribution < 1.29 is 4.79 Å². The Morgan fingerprint density at radius 3 is 2.69 bits per heavy atom. The molecule has 5 heteroatoms. The average Bonchev–Trinajstić information content (AvgIpc) is 2.42. The molecule has 0 aromatic heterocycles. The predicted molar refractivity (Wildman–Crippen MR) is 81.4 cm³/mol. The van der Waals surface area contributed by atoms with Crippen molar-refractivity contribution in [2.45, 2.75) is 12.3 Å². The van der Waals surface area contributed by atoms with Gasteiger partial charge < -0.3 is 4.90 Å². The lowest BCUT2D eigenvalue weighted by Crippen LogP contribution is -2.37. The summed E-state index contributed by atoms with van der Waals surface area (Å²) in [5, 5.41) is 0.642. The van der Waals surface area contributed by atoms with Crippen molar-refractivity contribution in [3.63, 3.8) is 0 Å². The Labute approximate surface area is 125 Å². The van der Waals surface area contributed by atoms with Gasteiger partial charge in [-0.1, -0.05) is 15.9 Å². The number of alkyl halides is 1. The monoisotopic (exact) mass is 457 g/mol. The van der Waals surface area contributed by atoms with Gasteiger partial charge in [0.25, 0.3) is 0 Å². The van der Waals surface area contributed by atoms with Gasteiger partial charge in [0.05, 0.1) is 11.1 Å². The molecular formula is C11H10Br2INO. The van der Waals surface area contributed by atoms with E-state index >= 15 is 0 Å². The SMILES string of the molecule is CN1C(=O)C(C)(CBr)c2cc(I)cc(Br)c21. The molecule has 0 saturated heterocycles. The molecule has 1 amide bonds. The number of nitrogens with zero attached hydrogens (tertiary/aromatic N) is 1. The number of carbonyl (C=O) groups is 1. The number of halogens is 3. The Kier molecular flexibility index (Phi) is 3.40. The molecule has 0 fully saturated rings. The molecule has 1 aliphatic rings. The number of hydrogen-bond acceptors (Lipinski definition) is 1. The van der Waals surface area contributed by atoms with Gasteiger partial charge in [-0.05, 0) is 63.1 Å². The second-order valence-corrected chi connectivity index (χ2v) is 6.77. The van der Waals surface area contributed by atoms with Gasteiger partial charge in [-0.15, -0.1) is 0 Å². The van der Waals surface area contributed by atoms with E-state index in [1.54, 1.807) is 4.90 Å². The van der Waals surface area contributed by atoms with Crippen LogP contribution in [-0.2, 0) is 10.2 Å². The van der Waals surface area contributed by atoms with Crippen LogP contribution in [-0.4, -0.2) is 18.3 Å². The zero-order valence-corrected chi connectivity index (χ0v) is 14.2. The van der Waals surface area contributed by atoms with Gasteiger partial charge in [0.1, 0.15) is 0 Å². The Bertz CT molecular complexity index is 477. The van der Waals surface area contributed by atoms with E-state index in [1.165, 1.54) is 0 Å². The zero-order valence-electron chi connectivity index (χ0n) is 8.85. The summed E-state index contributed by atoms with van der Waals surface area (Å²) < 4.78 is 2.12. The molecule has 1 unspecified atom stereocenters. The Balaban J connectivity index is 2.75. The van der Waals surface area contributed by atoms with Gasteiger partial charge in [-0.3, -0.25) is 4.79 Å². The molecule has 0 radical (unpaired) electrons. The number of amides is 1. The largest absolute Gasteiger partial charge is 0.313 e. The summed E-state index contributed by atoms with van der Waals surface area (Å²) in [6, 6.07) is 4.12. The topological polar surface area (TPSA) is 20.3 Å². The summed E-state index contributed by atoms with van der Waals surface area (Å²) in [7, 11) is 1.83. The number of hydrogen-bond donors (Lipinski definition) is 0. The zero-order chi connectivity index (χ0) is 12.1. The molecular weight excluding hydrogens is 449 g/mol. The maximum absolute atomic E-state index is 12.3. The van der Waals surface area contributed by atoms with Crippen LogP contribution in [0.15, 0.2) is 16.6 Å². The fourth-order valence-corrected chi connectivity index (χ4v) is 4.36. The molecule has 0 aliphatic carbocycles. The van der Waals surface area contributed by atoms with Crippen molar-refractivity contribution in [3.8, 4) is 0 Å². The number of benzene rings is 1. The highest BCUT2D eigenvalue weighted by Crippen LogP contribution is 2.46. The lowest BCUT2D eigenvalue weighted by Gasteiger charge is -2.19. The third-order valence-electron chi connectivity index (χ3n) is 3.00. The summed E-state index contributed by atoms with van der Waals surface area (Å²) in [6.07, 6.45) is 0. The van der Waals surface area contributed by atoms with Crippen LogP contribution in [0.1, 0.15) is 12.5 Å². The van der Waals surface area contributed by atoms with Crippen molar-refractivity contribution in [2.24, 2.45) is 0 Å². The highest BCUT2D eigenvalue weighted by Gasteiger charge is 2.46. The number of carbonyl (C=O) groups excluding carboxylic acids is 1. The molecule has 0 saturated carbocycles. The fraction of sp³-hybridized carbons (Fsp3) is 0.364. The Morgan fingerprint density at radius 2 is 2.12 bits per heavy atom. The lowest BCUT2D eigenvalue weighted by atomic mass is 9.86. The molecule has 0 bridgehead atoms. The van der Waals surface area contributed by atoms with E-state index in [9.17, 15) is 4.79 Å². The minimum absolute atomic E-state index is 0.141. The van der Waals surface area contributed by atoms with Crippen LogP contribution in [0.2, 0.25) is 0 Å². The van der Waals surface area contributed by atoms with E-state index < -0.39 is 5.41 Å². The highest BCUT2D eigenvalue weighted by atomic mass is 127. The molecule has 1 atom stereocenters. The van der Waals surface area contributed by atoms with Gasteiger partial charge in [0.15, 0.2) is 0 Å². The van der Waals surface area contributed by atoms with Crippen molar-refractivity contribution in [1.29, 1.82) is 0 Å². The first-order valence-electron chi connectivity index (χ1n) is 4.75. The summed E-state index contributed by atoms with van der Waals surface area (Å²) in [6.45, 7) is 1.98. The third kappa shape index (κ3) is 1.66. The van der Waals surface area contributed by atoms with Crippen LogP contribution in [0.3, 0.4) is 0 Å². The van der Waals surface area contributed by atoms with Crippen LogP contribution >= 0.6 is 54.5 Å². The normalized spacial score (nSPS) is 23.8. The number of rotatable bonds is 1. The first kappa shape index (κ1) is 12.8. The molecule has 0 N–H and O–H groups in total. The van der Waals surface area contributed by atoms with Gasteiger partial charge in [0.2, 0.25) is 5.91 Å². The van der Waals surface area contributed by atoms with Crippen LogP contribution in [0.5, 0.6) is 0 Å². The third-order valence-corrected chi connectivity index (χ3v) is 5.35. The molecule has 2 nitrogen and oxygen atoms in total. The Hall–Kier alpha value is 0.380. The fourth-order valence-electron chi connectivity index (χ4n) is 2.04. The number of anilines is 1. The molecule has 0 spiro atoms. The maximum atomic E-state index is 12.3. The summed E-state index contributed by atoms with van der Waals surface area (Å²) >= 11 is 9.26. The molecule has 1 heterocycles. The highest BCUT2D eigenvalue weighted by molar-refractivity contribution is 14.1. The standard InChI is InChI=1S/C11H10Br2INO/c1-11(5-12)7-3-6(14)4-8(13)9(7)15(2)10(11)16/h3-4H,5H2,1-2H3. The summed E-state index contributed by atoms with van der Waals surface area (Å²) in [5.74, 6) is 0.141. The lowest BCUT2D eigenvalue weighted by molar-refractivity contribution is -0.121. The minimum atomic E-state index is -0.451. The van der Waals surface area contributed by atoms with Gasteiger partial charge in [0, 0.05) is 20.4 Å². The van der Waals surface area contributed by atoms with E-state index in [1.807, 2.05) is 20.0 Å². The van der Waals surface area contributed by atoms with E-state index in [0.29, 0.717) is 5.33 Å². The molecule has 1 aromatic carbocycles. The molecule has 1 aromatic rings. The van der Waals surface area contributed by atoms with E-state index in [-0.39, 0.29) is 5.91 Å². The average molecular weight is 459 g/mol. The number of likely N-dealkylation sites (N-methyl/N-ethyl adjacent to an activating group) is 1.